The smallest absolute Gasteiger partial charge is 0.277 e. The van der Waals surface area contributed by atoms with Gasteiger partial charge in [-0.25, -0.2) is 9.37 Å². The average molecular weight is 244 g/mol. The highest BCUT2D eigenvalue weighted by Crippen LogP contribution is 2.18. The molecular weight excluding hydrogens is 231 g/mol. The first-order valence-corrected chi connectivity index (χ1v) is 5.57. The summed E-state index contributed by atoms with van der Waals surface area (Å²) >= 11 is 0. The fraction of sp³-hybridized carbons (Fsp3) is 0.143. The molecule has 1 aromatic heterocycles. The monoisotopic (exact) mass is 244 g/mol. The van der Waals surface area contributed by atoms with E-state index in [1.54, 1.807) is 6.07 Å². The van der Waals surface area contributed by atoms with Crippen LogP contribution >= 0.6 is 0 Å². The average Bonchev–Trinajstić information content (AvgIpc) is 2.35. The lowest BCUT2D eigenvalue weighted by Crippen LogP contribution is -2.16. The van der Waals surface area contributed by atoms with Crippen LogP contribution in [0, 0.1) is 19.7 Å². The van der Waals surface area contributed by atoms with Crippen molar-refractivity contribution in [1.82, 2.24) is 4.98 Å². The van der Waals surface area contributed by atoms with Gasteiger partial charge in [-0.15, -0.1) is 0 Å². The van der Waals surface area contributed by atoms with E-state index >= 15 is 0 Å². The zero-order valence-electron chi connectivity index (χ0n) is 10.2. The summed E-state index contributed by atoms with van der Waals surface area (Å²) in [7, 11) is 0. The van der Waals surface area contributed by atoms with Crippen LogP contribution < -0.4 is 5.32 Å². The highest BCUT2D eigenvalue weighted by Gasteiger charge is 2.13. The van der Waals surface area contributed by atoms with E-state index in [2.05, 4.69) is 10.3 Å². The first kappa shape index (κ1) is 12.2. The van der Waals surface area contributed by atoms with Crippen LogP contribution in [0.2, 0.25) is 0 Å². The summed E-state index contributed by atoms with van der Waals surface area (Å²) in [4.78, 5) is 15.6. The molecule has 0 spiro atoms. The van der Waals surface area contributed by atoms with Crippen molar-refractivity contribution >= 4 is 11.6 Å². The van der Waals surface area contributed by atoms with Crippen molar-refractivity contribution in [3.05, 3.63) is 59.2 Å². The lowest BCUT2D eigenvalue weighted by atomic mass is 10.1. The van der Waals surface area contributed by atoms with Crippen molar-refractivity contribution in [2.45, 2.75) is 13.8 Å². The number of nitrogens with one attached hydrogen (secondary N) is 1. The van der Waals surface area contributed by atoms with E-state index in [0.29, 0.717) is 5.69 Å². The number of hydrogen-bond acceptors (Lipinski definition) is 2. The standard InChI is InChI=1S/C14H13FN2O/c1-9-5-3-7-12(10(9)2)17-14(18)13-11(15)6-4-8-16-13/h3-8H,1-2H3,(H,17,18). The maximum Gasteiger partial charge on any atom is 0.277 e. The number of carbonyl (C=O) groups is 1. The molecule has 0 atom stereocenters. The first-order valence-electron chi connectivity index (χ1n) is 5.57. The number of hydrogen-bond donors (Lipinski definition) is 1. The summed E-state index contributed by atoms with van der Waals surface area (Å²) in [6.07, 6.45) is 1.39. The quantitative estimate of drug-likeness (QED) is 0.882. The number of aryl methyl sites for hydroxylation is 1. The molecule has 1 amide bonds. The summed E-state index contributed by atoms with van der Waals surface area (Å²) in [5, 5.41) is 2.67. The van der Waals surface area contributed by atoms with Crippen molar-refractivity contribution in [3.63, 3.8) is 0 Å². The Morgan fingerprint density at radius 1 is 1.22 bits per heavy atom. The third kappa shape index (κ3) is 2.37. The Morgan fingerprint density at radius 2 is 2.00 bits per heavy atom. The number of pyridine rings is 1. The van der Waals surface area contributed by atoms with E-state index in [9.17, 15) is 9.18 Å². The Kier molecular flexibility index (Phi) is 3.37. The Labute approximate surface area is 105 Å². The van der Waals surface area contributed by atoms with E-state index in [4.69, 9.17) is 0 Å². The molecule has 0 radical (unpaired) electrons. The molecule has 0 saturated carbocycles. The Hall–Kier alpha value is -2.23. The van der Waals surface area contributed by atoms with E-state index in [1.165, 1.54) is 18.3 Å². The molecular formula is C14H13FN2O. The van der Waals surface area contributed by atoms with Gasteiger partial charge in [-0.1, -0.05) is 12.1 Å². The lowest BCUT2D eigenvalue weighted by Gasteiger charge is -2.10. The molecule has 0 bridgehead atoms. The number of rotatable bonds is 2. The fourth-order valence-electron chi connectivity index (χ4n) is 1.62. The Balaban J connectivity index is 2.27. The molecule has 0 unspecified atom stereocenters. The maximum absolute atomic E-state index is 13.4. The second-order valence-electron chi connectivity index (χ2n) is 4.04. The molecule has 2 aromatic rings. The number of anilines is 1. The van der Waals surface area contributed by atoms with Gasteiger partial charge in [-0.2, -0.15) is 0 Å². The van der Waals surface area contributed by atoms with E-state index in [1.807, 2.05) is 26.0 Å². The van der Waals surface area contributed by atoms with E-state index < -0.39 is 11.7 Å². The van der Waals surface area contributed by atoms with Gasteiger partial charge in [0.15, 0.2) is 11.5 Å². The second kappa shape index (κ2) is 4.96. The maximum atomic E-state index is 13.4. The lowest BCUT2D eigenvalue weighted by molar-refractivity contribution is 0.101. The summed E-state index contributed by atoms with van der Waals surface area (Å²) < 4.78 is 13.4. The van der Waals surface area contributed by atoms with Crippen LogP contribution in [0.25, 0.3) is 0 Å². The van der Waals surface area contributed by atoms with Crippen molar-refractivity contribution in [2.24, 2.45) is 0 Å². The SMILES string of the molecule is Cc1cccc(NC(=O)c2ncccc2F)c1C. The van der Waals surface area contributed by atoms with Crippen LogP contribution in [0.15, 0.2) is 36.5 Å². The van der Waals surface area contributed by atoms with Crippen molar-refractivity contribution < 1.29 is 9.18 Å². The molecule has 4 heteroatoms. The van der Waals surface area contributed by atoms with E-state index in [-0.39, 0.29) is 5.69 Å². The molecule has 2 rings (SSSR count). The largest absolute Gasteiger partial charge is 0.320 e. The zero-order valence-corrected chi connectivity index (χ0v) is 10.2. The van der Waals surface area contributed by atoms with Crippen LogP contribution in [-0.2, 0) is 0 Å². The number of nitrogens with zero attached hydrogens (tertiary/aromatic N) is 1. The van der Waals surface area contributed by atoms with Gasteiger partial charge in [0.25, 0.3) is 5.91 Å². The fourth-order valence-corrected chi connectivity index (χ4v) is 1.62. The summed E-state index contributed by atoms with van der Waals surface area (Å²) in [5.41, 5.74) is 2.50. The zero-order chi connectivity index (χ0) is 13.1. The first-order chi connectivity index (χ1) is 8.59. The molecule has 1 aromatic carbocycles. The summed E-state index contributed by atoms with van der Waals surface area (Å²) in [6.45, 7) is 3.85. The van der Waals surface area contributed by atoms with Gasteiger partial charge in [-0.05, 0) is 43.2 Å². The van der Waals surface area contributed by atoms with Gasteiger partial charge in [-0.3, -0.25) is 4.79 Å². The minimum Gasteiger partial charge on any atom is -0.320 e. The number of halogens is 1. The highest BCUT2D eigenvalue weighted by molar-refractivity contribution is 6.03. The highest BCUT2D eigenvalue weighted by atomic mass is 19.1. The Morgan fingerprint density at radius 3 is 2.72 bits per heavy atom. The molecule has 1 N–H and O–H groups in total. The van der Waals surface area contributed by atoms with Crippen molar-refractivity contribution in [1.29, 1.82) is 0 Å². The molecule has 1 heterocycles. The molecule has 0 aliphatic heterocycles. The van der Waals surface area contributed by atoms with Crippen molar-refractivity contribution in [3.8, 4) is 0 Å². The molecule has 3 nitrogen and oxygen atoms in total. The predicted octanol–water partition coefficient (Wildman–Crippen LogP) is 3.09. The van der Waals surface area contributed by atoms with Gasteiger partial charge in [0.2, 0.25) is 0 Å². The van der Waals surface area contributed by atoms with Crippen LogP contribution in [0.3, 0.4) is 0 Å². The predicted molar refractivity (Wildman–Crippen MR) is 68.1 cm³/mol. The molecule has 18 heavy (non-hydrogen) atoms. The number of benzene rings is 1. The topological polar surface area (TPSA) is 42.0 Å². The van der Waals surface area contributed by atoms with Crippen LogP contribution in [0.4, 0.5) is 10.1 Å². The minimum absolute atomic E-state index is 0.196. The number of carbonyl (C=O) groups excluding carboxylic acids is 1. The van der Waals surface area contributed by atoms with E-state index in [0.717, 1.165) is 11.1 Å². The molecule has 92 valence electrons. The number of aromatic nitrogens is 1. The van der Waals surface area contributed by atoms with Crippen LogP contribution in [-0.4, -0.2) is 10.9 Å². The molecule has 0 aliphatic carbocycles. The van der Waals surface area contributed by atoms with Gasteiger partial charge in [0, 0.05) is 11.9 Å². The third-order valence-corrected chi connectivity index (χ3v) is 2.83. The van der Waals surface area contributed by atoms with Gasteiger partial charge < -0.3 is 5.32 Å². The van der Waals surface area contributed by atoms with Gasteiger partial charge in [0.1, 0.15) is 0 Å². The minimum atomic E-state index is -0.625. The van der Waals surface area contributed by atoms with Gasteiger partial charge in [0.05, 0.1) is 0 Å². The van der Waals surface area contributed by atoms with Gasteiger partial charge >= 0.3 is 0 Å². The van der Waals surface area contributed by atoms with Crippen LogP contribution in [0.5, 0.6) is 0 Å². The molecule has 0 saturated heterocycles. The summed E-state index contributed by atoms with van der Waals surface area (Å²) in [5.74, 6) is -1.16. The number of amides is 1. The van der Waals surface area contributed by atoms with Crippen molar-refractivity contribution in [2.75, 3.05) is 5.32 Å². The van der Waals surface area contributed by atoms with Crippen LogP contribution in [0.1, 0.15) is 21.6 Å². The molecule has 0 aliphatic rings. The third-order valence-electron chi connectivity index (χ3n) is 2.83. The Bertz CT molecular complexity index is 596. The molecule has 0 fully saturated rings. The second-order valence-corrected chi connectivity index (χ2v) is 4.04. The summed E-state index contributed by atoms with van der Waals surface area (Å²) in [6, 6.07) is 8.23. The normalized spacial score (nSPS) is 10.2.